The smallest absolute Gasteiger partial charge is 0.352 e. The SMILES string of the molecule is O=C(NCc1ccc(Cl)c(C(F)(F)F)c1)[C@H]1CC=C[C@H]2CCN(c3ccccc3)C(=O)[C@@H]12. The standard InChI is InChI=1S/C24H22ClF3N2O2/c25-20-10-9-15(13-19(20)24(26,27)28)14-29-22(31)18-8-4-5-16-11-12-30(23(32)21(16)18)17-6-2-1-3-7-17/h1-7,9-10,13,16,18,21H,8,11-12,14H2,(H,29,31)/t16-,18-,21+/m0/s1. The van der Waals surface area contributed by atoms with Crippen LogP contribution in [0.4, 0.5) is 18.9 Å². The quantitative estimate of drug-likeness (QED) is 0.633. The van der Waals surface area contributed by atoms with Crippen molar-refractivity contribution in [3.63, 3.8) is 0 Å². The monoisotopic (exact) mass is 462 g/mol. The van der Waals surface area contributed by atoms with Gasteiger partial charge in [-0.2, -0.15) is 13.2 Å². The maximum absolute atomic E-state index is 13.3. The molecule has 0 bridgehead atoms. The van der Waals surface area contributed by atoms with E-state index in [2.05, 4.69) is 5.32 Å². The molecule has 1 N–H and O–H groups in total. The lowest BCUT2D eigenvalue weighted by atomic mass is 9.71. The molecule has 4 rings (SSSR count). The summed E-state index contributed by atoms with van der Waals surface area (Å²) in [5.74, 6) is -1.53. The van der Waals surface area contributed by atoms with Gasteiger partial charge in [0.1, 0.15) is 0 Å². The first-order valence-electron chi connectivity index (χ1n) is 10.4. The van der Waals surface area contributed by atoms with Crippen LogP contribution in [0.3, 0.4) is 0 Å². The van der Waals surface area contributed by atoms with Gasteiger partial charge in [0.15, 0.2) is 0 Å². The van der Waals surface area contributed by atoms with Gasteiger partial charge in [0.2, 0.25) is 11.8 Å². The van der Waals surface area contributed by atoms with E-state index >= 15 is 0 Å². The molecule has 1 aliphatic heterocycles. The highest BCUT2D eigenvalue weighted by Gasteiger charge is 2.44. The number of carbonyl (C=O) groups excluding carboxylic acids is 2. The molecule has 0 spiro atoms. The predicted octanol–water partition coefficient (Wildman–Crippen LogP) is 5.22. The number of halogens is 4. The molecule has 0 saturated carbocycles. The molecule has 1 fully saturated rings. The van der Waals surface area contributed by atoms with Crippen molar-refractivity contribution in [3.8, 4) is 0 Å². The number of carbonyl (C=O) groups is 2. The summed E-state index contributed by atoms with van der Waals surface area (Å²) in [7, 11) is 0. The third-order valence-corrected chi connectivity index (χ3v) is 6.44. The van der Waals surface area contributed by atoms with E-state index in [1.165, 1.54) is 12.1 Å². The topological polar surface area (TPSA) is 49.4 Å². The summed E-state index contributed by atoms with van der Waals surface area (Å²) in [6, 6.07) is 12.9. The van der Waals surface area contributed by atoms with Crippen molar-refractivity contribution in [3.05, 3.63) is 76.8 Å². The summed E-state index contributed by atoms with van der Waals surface area (Å²) in [4.78, 5) is 28.0. The van der Waals surface area contributed by atoms with E-state index < -0.39 is 23.6 Å². The Morgan fingerprint density at radius 1 is 1.16 bits per heavy atom. The summed E-state index contributed by atoms with van der Waals surface area (Å²) in [6.45, 7) is 0.501. The normalized spacial score (nSPS) is 23.1. The maximum atomic E-state index is 13.3. The van der Waals surface area contributed by atoms with Gasteiger partial charge in [0, 0.05) is 18.8 Å². The Balaban J connectivity index is 1.49. The number of benzene rings is 2. The van der Waals surface area contributed by atoms with E-state index in [1.54, 1.807) is 4.90 Å². The second-order valence-corrected chi connectivity index (χ2v) is 8.51. The number of para-hydroxylation sites is 1. The summed E-state index contributed by atoms with van der Waals surface area (Å²) < 4.78 is 39.3. The first-order valence-corrected chi connectivity index (χ1v) is 10.8. The van der Waals surface area contributed by atoms with E-state index in [0.29, 0.717) is 18.5 Å². The highest BCUT2D eigenvalue weighted by atomic mass is 35.5. The first-order chi connectivity index (χ1) is 15.3. The van der Waals surface area contributed by atoms with Crippen molar-refractivity contribution >= 4 is 29.1 Å². The number of allylic oxidation sites excluding steroid dienone is 2. The van der Waals surface area contributed by atoms with Crippen LogP contribution in [0, 0.1) is 17.8 Å². The van der Waals surface area contributed by atoms with Crippen molar-refractivity contribution in [1.29, 1.82) is 0 Å². The van der Waals surface area contributed by atoms with Crippen molar-refractivity contribution in [2.75, 3.05) is 11.4 Å². The molecular weight excluding hydrogens is 441 g/mol. The number of amides is 2. The zero-order chi connectivity index (χ0) is 22.9. The molecule has 2 amide bonds. The summed E-state index contributed by atoms with van der Waals surface area (Å²) in [5.41, 5.74) is 0.150. The zero-order valence-electron chi connectivity index (χ0n) is 17.1. The molecule has 168 valence electrons. The number of anilines is 1. The van der Waals surface area contributed by atoms with Crippen LogP contribution in [0.2, 0.25) is 5.02 Å². The van der Waals surface area contributed by atoms with E-state index in [1.807, 2.05) is 42.5 Å². The number of rotatable bonds is 4. The minimum absolute atomic E-state index is 0.0284. The number of fused-ring (bicyclic) bond motifs is 1. The van der Waals surface area contributed by atoms with E-state index in [0.717, 1.165) is 18.2 Å². The van der Waals surface area contributed by atoms with Gasteiger partial charge >= 0.3 is 6.18 Å². The van der Waals surface area contributed by atoms with Crippen LogP contribution in [-0.4, -0.2) is 18.4 Å². The second-order valence-electron chi connectivity index (χ2n) is 8.10. The number of piperidine rings is 1. The molecule has 3 atom stereocenters. The highest BCUT2D eigenvalue weighted by molar-refractivity contribution is 6.31. The molecule has 1 aliphatic carbocycles. The fraction of sp³-hybridized carbons (Fsp3) is 0.333. The third kappa shape index (κ3) is 4.53. The van der Waals surface area contributed by atoms with Crippen LogP contribution >= 0.6 is 11.6 Å². The molecule has 4 nitrogen and oxygen atoms in total. The average Bonchev–Trinajstić information content (AvgIpc) is 2.78. The van der Waals surface area contributed by atoms with Crippen LogP contribution in [-0.2, 0) is 22.3 Å². The maximum Gasteiger partial charge on any atom is 0.417 e. The Kier molecular flexibility index (Phi) is 6.29. The Morgan fingerprint density at radius 3 is 2.62 bits per heavy atom. The second kappa shape index (κ2) is 8.98. The molecule has 2 aliphatic rings. The first kappa shape index (κ1) is 22.4. The van der Waals surface area contributed by atoms with Gasteiger partial charge in [0.25, 0.3) is 0 Å². The predicted molar refractivity (Wildman–Crippen MR) is 116 cm³/mol. The molecule has 0 unspecified atom stereocenters. The van der Waals surface area contributed by atoms with Crippen molar-refractivity contribution < 1.29 is 22.8 Å². The Bertz CT molecular complexity index is 1040. The Labute approximate surface area is 189 Å². The van der Waals surface area contributed by atoms with Crippen LogP contribution in [0.25, 0.3) is 0 Å². The van der Waals surface area contributed by atoms with Crippen molar-refractivity contribution in [2.45, 2.75) is 25.6 Å². The lowest BCUT2D eigenvalue weighted by molar-refractivity contribution is -0.137. The summed E-state index contributed by atoms with van der Waals surface area (Å²) >= 11 is 5.66. The largest absolute Gasteiger partial charge is 0.417 e. The van der Waals surface area contributed by atoms with Crippen molar-refractivity contribution in [2.24, 2.45) is 17.8 Å². The molecular formula is C24H22ClF3N2O2. The van der Waals surface area contributed by atoms with E-state index in [4.69, 9.17) is 11.6 Å². The summed E-state index contributed by atoms with van der Waals surface area (Å²) in [5, 5.41) is 2.33. The summed E-state index contributed by atoms with van der Waals surface area (Å²) in [6.07, 6.45) is 0.506. The molecule has 2 aromatic carbocycles. The third-order valence-electron chi connectivity index (χ3n) is 6.11. The van der Waals surface area contributed by atoms with Gasteiger partial charge in [-0.1, -0.05) is 48.0 Å². The van der Waals surface area contributed by atoms with E-state index in [9.17, 15) is 22.8 Å². The van der Waals surface area contributed by atoms with Gasteiger partial charge in [0.05, 0.1) is 22.4 Å². The number of hydrogen-bond acceptors (Lipinski definition) is 2. The fourth-order valence-electron chi connectivity index (χ4n) is 4.52. The molecule has 0 aromatic heterocycles. The van der Waals surface area contributed by atoms with Gasteiger partial charge in [-0.05, 0) is 48.6 Å². The van der Waals surface area contributed by atoms with Gasteiger partial charge in [-0.25, -0.2) is 0 Å². The minimum atomic E-state index is -4.58. The van der Waals surface area contributed by atoms with Gasteiger partial charge in [-0.3, -0.25) is 9.59 Å². The van der Waals surface area contributed by atoms with Crippen LogP contribution in [0.15, 0.2) is 60.7 Å². The average molecular weight is 463 g/mol. The molecule has 2 aromatic rings. The molecule has 1 saturated heterocycles. The number of nitrogens with one attached hydrogen (secondary N) is 1. The molecule has 0 radical (unpaired) electrons. The van der Waals surface area contributed by atoms with Crippen molar-refractivity contribution in [1.82, 2.24) is 5.32 Å². The minimum Gasteiger partial charge on any atom is -0.352 e. The number of nitrogens with zero attached hydrogens (tertiary/aromatic N) is 1. The molecule has 1 heterocycles. The van der Waals surface area contributed by atoms with Crippen LogP contribution in [0.1, 0.15) is 24.0 Å². The van der Waals surface area contributed by atoms with Gasteiger partial charge < -0.3 is 10.2 Å². The fourth-order valence-corrected chi connectivity index (χ4v) is 4.74. The lowest BCUT2D eigenvalue weighted by Crippen LogP contribution is -2.52. The van der Waals surface area contributed by atoms with Crippen LogP contribution < -0.4 is 10.2 Å². The van der Waals surface area contributed by atoms with E-state index in [-0.39, 0.29) is 29.3 Å². The lowest BCUT2D eigenvalue weighted by Gasteiger charge is -2.41. The number of alkyl halides is 3. The molecule has 8 heteroatoms. The Hall–Kier alpha value is -2.80. The number of hydrogen-bond donors (Lipinski definition) is 1. The zero-order valence-corrected chi connectivity index (χ0v) is 17.9. The molecule has 32 heavy (non-hydrogen) atoms. The Morgan fingerprint density at radius 2 is 1.91 bits per heavy atom. The highest BCUT2D eigenvalue weighted by Crippen LogP contribution is 2.39. The van der Waals surface area contributed by atoms with Crippen LogP contribution in [0.5, 0.6) is 0 Å². The van der Waals surface area contributed by atoms with Gasteiger partial charge in [-0.15, -0.1) is 0 Å².